The van der Waals surface area contributed by atoms with Gasteiger partial charge in [-0.3, -0.25) is 4.79 Å². The predicted octanol–water partition coefficient (Wildman–Crippen LogP) is 5.33. The number of thioether (sulfide) groups is 1. The van der Waals surface area contributed by atoms with E-state index in [0.717, 1.165) is 22.2 Å². The number of carbonyl (C=O) groups is 1. The first-order valence-electron chi connectivity index (χ1n) is 13.9. The molecular weight excluding hydrogens is 566 g/mol. The summed E-state index contributed by atoms with van der Waals surface area (Å²) in [6, 6.07) is 19.1. The smallest absolute Gasteiger partial charge is 0.234 e. The summed E-state index contributed by atoms with van der Waals surface area (Å²) < 4.78 is 20.6. The maximum atomic E-state index is 13.0. The van der Waals surface area contributed by atoms with Crippen LogP contribution in [0.1, 0.15) is 18.6 Å². The van der Waals surface area contributed by atoms with Crippen molar-refractivity contribution in [3.8, 4) is 17.2 Å². The summed E-state index contributed by atoms with van der Waals surface area (Å²) in [5.74, 6) is 3.24. The van der Waals surface area contributed by atoms with E-state index in [1.54, 1.807) is 18.7 Å². The lowest BCUT2D eigenvalue weighted by Crippen LogP contribution is -2.15. The molecule has 0 fully saturated rings. The number of fused-ring (bicyclic) bond motifs is 4. The highest BCUT2D eigenvalue weighted by Gasteiger charge is 2.19. The zero-order valence-electron chi connectivity index (χ0n) is 24.3. The third kappa shape index (κ3) is 5.65. The molecule has 0 atom stereocenters. The Bertz CT molecular complexity index is 1950. The summed E-state index contributed by atoms with van der Waals surface area (Å²) in [7, 11) is 3.17. The van der Waals surface area contributed by atoms with Crippen LogP contribution in [0, 0.1) is 6.92 Å². The molecule has 11 nitrogen and oxygen atoms in total. The molecule has 0 saturated carbocycles. The van der Waals surface area contributed by atoms with Crippen molar-refractivity contribution in [2.45, 2.75) is 32.0 Å². The van der Waals surface area contributed by atoms with Crippen LogP contribution >= 0.6 is 11.8 Å². The van der Waals surface area contributed by atoms with E-state index in [9.17, 15) is 4.79 Å². The van der Waals surface area contributed by atoms with Gasteiger partial charge >= 0.3 is 0 Å². The summed E-state index contributed by atoms with van der Waals surface area (Å²) in [6.45, 7) is 5.07. The van der Waals surface area contributed by atoms with Crippen molar-refractivity contribution in [1.82, 2.24) is 29.1 Å². The first-order valence-corrected chi connectivity index (χ1v) is 14.8. The number of anilines is 1. The molecule has 6 rings (SSSR count). The van der Waals surface area contributed by atoms with E-state index in [2.05, 4.69) is 20.9 Å². The maximum Gasteiger partial charge on any atom is 0.234 e. The number of imidazole rings is 1. The molecule has 220 valence electrons. The number of aryl methyl sites for hydroxylation is 3. The van der Waals surface area contributed by atoms with Gasteiger partial charge in [-0.15, -0.1) is 5.10 Å². The highest BCUT2D eigenvalue weighted by atomic mass is 32.2. The van der Waals surface area contributed by atoms with Crippen LogP contribution < -0.4 is 19.5 Å². The lowest BCUT2D eigenvalue weighted by molar-refractivity contribution is -0.113. The number of amides is 1. The van der Waals surface area contributed by atoms with Gasteiger partial charge in [0.1, 0.15) is 11.6 Å². The minimum atomic E-state index is -0.192. The molecule has 0 aliphatic carbocycles. The van der Waals surface area contributed by atoms with Gasteiger partial charge in [-0.05, 0) is 44.2 Å². The maximum absolute atomic E-state index is 13.0. The standard InChI is InChI=1S/C31H31N7O4S/c1-5-42-25-13-9-7-11-22(25)33-29(39)18-43-31-34-23-17-27(41-4)26(40-3)16-20(23)30-35-28(36-38(30)31)14-15-37-19(2)32-21-10-6-8-12-24(21)37/h6-13,16-17H,5,14-15,18H2,1-4H3,(H,33,39). The fraction of sp³-hybridized carbons (Fsp3) is 0.258. The Morgan fingerprint density at radius 1 is 0.930 bits per heavy atom. The molecule has 3 aromatic carbocycles. The van der Waals surface area contributed by atoms with E-state index in [1.807, 2.05) is 68.4 Å². The molecule has 43 heavy (non-hydrogen) atoms. The van der Waals surface area contributed by atoms with Gasteiger partial charge in [-0.2, -0.15) is 4.52 Å². The predicted molar refractivity (Wildman–Crippen MR) is 167 cm³/mol. The molecular formula is C31H31N7O4S. The molecule has 12 heteroatoms. The molecule has 3 aromatic heterocycles. The van der Waals surface area contributed by atoms with Crippen LogP contribution in [0.15, 0.2) is 65.8 Å². The summed E-state index contributed by atoms with van der Waals surface area (Å²) >= 11 is 1.28. The normalized spacial score (nSPS) is 11.3. The van der Waals surface area contributed by atoms with Gasteiger partial charge in [-0.25, -0.2) is 15.0 Å². The third-order valence-electron chi connectivity index (χ3n) is 6.99. The van der Waals surface area contributed by atoms with Gasteiger partial charge in [0.25, 0.3) is 0 Å². The monoisotopic (exact) mass is 597 g/mol. The van der Waals surface area contributed by atoms with Crippen molar-refractivity contribution < 1.29 is 19.0 Å². The van der Waals surface area contributed by atoms with Crippen molar-refractivity contribution in [2.75, 3.05) is 31.9 Å². The van der Waals surface area contributed by atoms with Crippen LogP contribution in [0.25, 0.3) is 27.6 Å². The van der Waals surface area contributed by atoms with Crippen LogP contribution in [0.4, 0.5) is 5.69 Å². The molecule has 0 aliphatic rings. The van der Waals surface area contributed by atoms with E-state index in [4.69, 9.17) is 29.3 Å². The number of hydrogen-bond donors (Lipinski definition) is 1. The Hall–Kier alpha value is -4.84. The summed E-state index contributed by atoms with van der Waals surface area (Å²) in [6.07, 6.45) is 0.580. The largest absolute Gasteiger partial charge is 0.493 e. The molecule has 0 unspecified atom stereocenters. The lowest BCUT2D eigenvalue weighted by Gasteiger charge is -2.12. The SMILES string of the molecule is CCOc1ccccc1NC(=O)CSc1nc2cc(OC)c(OC)cc2c2nc(CCn3c(C)nc4ccccc43)nn12. The van der Waals surface area contributed by atoms with Crippen molar-refractivity contribution in [3.05, 3.63) is 72.3 Å². The van der Waals surface area contributed by atoms with Crippen LogP contribution in [0.3, 0.4) is 0 Å². The Morgan fingerprint density at radius 2 is 1.70 bits per heavy atom. The second-order valence-electron chi connectivity index (χ2n) is 9.70. The van der Waals surface area contributed by atoms with Crippen LogP contribution in [-0.4, -0.2) is 61.6 Å². The number of benzene rings is 3. The van der Waals surface area contributed by atoms with Gasteiger partial charge in [0.2, 0.25) is 5.91 Å². The van der Waals surface area contributed by atoms with Crippen molar-refractivity contribution in [2.24, 2.45) is 0 Å². The first-order chi connectivity index (χ1) is 21.0. The Kier molecular flexibility index (Phi) is 8.01. The van der Waals surface area contributed by atoms with E-state index in [0.29, 0.717) is 64.7 Å². The highest BCUT2D eigenvalue weighted by Crippen LogP contribution is 2.34. The number of ether oxygens (including phenoxy) is 3. The third-order valence-corrected chi connectivity index (χ3v) is 7.92. The number of rotatable bonds is 11. The first kappa shape index (κ1) is 28.3. The molecule has 1 amide bonds. The molecule has 0 bridgehead atoms. The number of methoxy groups -OCH3 is 2. The average Bonchev–Trinajstić information content (AvgIpc) is 3.59. The number of hydrogen-bond acceptors (Lipinski definition) is 9. The average molecular weight is 598 g/mol. The summed E-state index contributed by atoms with van der Waals surface area (Å²) in [4.78, 5) is 27.5. The molecule has 3 heterocycles. The van der Waals surface area contributed by atoms with E-state index >= 15 is 0 Å². The Labute approximate surface area is 252 Å². The van der Waals surface area contributed by atoms with Crippen molar-refractivity contribution >= 4 is 50.9 Å². The van der Waals surface area contributed by atoms with Gasteiger partial charge in [-0.1, -0.05) is 36.0 Å². The molecule has 0 aliphatic heterocycles. The van der Waals surface area contributed by atoms with Gasteiger partial charge in [0, 0.05) is 24.4 Å². The Balaban J connectivity index is 1.32. The van der Waals surface area contributed by atoms with Gasteiger partial charge in [0.05, 0.1) is 48.8 Å². The van der Waals surface area contributed by atoms with E-state index in [-0.39, 0.29) is 11.7 Å². The molecule has 0 spiro atoms. The molecule has 0 saturated heterocycles. The molecule has 1 N–H and O–H groups in total. The van der Waals surface area contributed by atoms with Gasteiger partial charge in [0.15, 0.2) is 28.1 Å². The number of carbonyl (C=O) groups excluding carboxylic acids is 1. The number of aromatic nitrogens is 6. The Morgan fingerprint density at radius 3 is 2.51 bits per heavy atom. The molecule has 6 aromatic rings. The number of nitrogens with zero attached hydrogens (tertiary/aromatic N) is 6. The zero-order valence-corrected chi connectivity index (χ0v) is 25.1. The minimum Gasteiger partial charge on any atom is -0.493 e. The van der Waals surface area contributed by atoms with E-state index in [1.165, 1.54) is 11.8 Å². The van der Waals surface area contributed by atoms with Gasteiger partial charge < -0.3 is 24.1 Å². The molecule has 0 radical (unpaired) electrons. The van der Waals surface area contributed by atoms with E-state index < -0.39 is 0 Å². The summed E-state index contributed by atoms with van der Waals surface area (Å²) in [5, 5.41) is 9.07. The van der Waals surface area contributed by atoms with Crippen LogP contribution in [0.5, 0.6) is 17.2 Å². The topological polar surface area (TPSA) is 118 Å². The van der Waals surface area contributed by atoms with Crippen LogP contribution in [-0.2, 0) is 17.8 Å². The highest BCUT2D eigenvalue weighted by molar-refractivity contribution is 7.99. The van der Waals surface area contributed by atoms with Crippen molar-refractivity contribution in [3.63, 3.8) is 0 Å². The fourth-order valence-electron chi connectivity index (χ4n) is 5.01. The minimum absolute atomic E-state index is 0.108. The zero-order chi connectivity index (χ0) is 29.9. The second-order valence-corrected chi connectivity index (χ2v) is 10.6. The quantitative estimate of drug-likeness (QED) is 0.156. The van der Waals surface area contributed by atoms with Crippen molar-refractivity contribution in [1.29, 1.82) is 0 Å². The number of para-hydroxylation sites is 4. The summed E-state index contributed by atoms with van der Waals surface area (Å²) in [5.41, 5.74) is 3.93. The number of nitrogens with one attached hydrogen (secondary N) is 1. The fourth-order valence-corrected chi connectivity index (χ4v) is 5.75. The second kappa shape index (κ2) is 12.2. The lowest BCUT2D eigenvalue weighted by atomic mass is 10.2. The van der Waals surface area contributed by atoms with Crippen LogP contribution in [0.2, 0.25) is 0 Å².